The van der Waals surface area contributed by atoms with E-state index >= 15 is 0 Å². The third-order valence-electron chi connectivity index (χ3n) is 4.17. The predicted molar refractivity (Wildman–Crippen MR) is 114 cm³/mol. The zero-order chi connectivity index (χ0) is 20.6. The number of hydrogen-bond acceptors (Lipinski definition) is 6. The van der Waals surface area contributed by atoms with Crippen molar-refractivity contribution < 1.29 is 9.53 Å². The topological polar surface area (TPSA) is 89.0 Å². The predicted octanol–water partition coefficient (Wildman–Crippen LogP) is 4.34. The fourth-order valence-corrected chi connectivity index (χ4v) is 2.66. The number of aromatic nitrogens is 3. The Morgan fingerprint density at radius 3 is 2.33 bits per heavy atom. The molecule has 7 heteroatoms. The van der Waals surface area contributed by atoms with Gasteiger partial charge in [-0.05, 0) is 48.0 Å². The van der Waals surface area contributed by atoms with Crippen LogP contribution in [-0.4, -0.2) is 20.9 Å². The molecule has 2 N–H and O–H groups in total. The van der Waals surface area contributed by atoms with Gasteiger partial charge in [0.2, 0.25) is 0 Å². The van der Waals surface area contributed by atoms with Gasteiger partial charge in [-0.1, -0.05) is 24.3 Å². The number of ether oxygens (including phenoxy) is 1. The third-order valence-corrected chi connectivity index (χ3v) is 4.17. The largest absolute Gasteiger partial charge is 0.457 e. The molecule has 30 heavy (non-hydrogen) atoms. The molecule has 0 atom stereocenters. The van der Waals surface area contributed by atoms with Crippen LogP contribution in [-0.2, 0) is 6.54 Å². The molecule has 2 heterocycles. The average molecular weight is 397 g/mol. The van der Waals surface area contributed by atoms with Crippen LogP contribution in [0.5, 0.6) is 11.5 Å². The summed E-state index contributed by atoms with van der Waals surface area (Å²) < 4.78 is 5.78. The van der Waals surface area contributed by atoms with E-state index in [1.165, 1.54) is 12.4 Å². The van der Waals surface area contributed by atoms with E-state index < -0.39 is 0 Å². The van der Waals surface area contributed by atoms with Crippen molar-refractivity contribution in [3.8, 4) is 11.5 Å². The fraction of sp³-hybridized carbons (Fsp3) is 0.0435. The Balaban J connectivity index is 1.32. The molecule has 0 saturated carbocycles. The molecule has 0 aliphatic carbocycles. The summed E-state index contributed by atoms with van der Waals surface area (Å²) in [4.78, 5) is 24.7. The van der Waals surface area contributed by atoms with E-state index in [2.05, 4.69) is 25.6 Å². The first-order valence-electron chi connectivity index (χ1n) is 9.35. The van der Waals surface area contributed by atoms with Crippen LogP contribution >= 0.6 is 0 Å². The molecule has 1 amide bonds. The molecule has 0 radical (unpaired) electrons. The molecule has 4 aromatic rings. The van der Waals surface area contributed by atoms with Gasteiger partial charge in [0.25, 0.3) is 5.91 Å². The van der Waals surface area contributed by atoms with Crippen molar-refractivity contribution in [3.63, 3.8) is 0 Å². The molecule has 148 valence electrons. The third kappa shape index (κ3) is 5.17. The lowest BCUT2D eigenvalue weighted by molar-refractivity contribution is 0.0945. The van der Waals surface area contributed by atoms with Crippen molar-refractivity contribution in [1.82, 2.24) is 20.3 Å². The fourth-order valence-electron chi connectivity index (χ4n) is 2.66. The second kappa shape index (κ2) is 9.29. The Labute approximate surface area is 173 Å². The summed E-state index contributed by atoms with van der Waals surface area (Å²) >= 11 is 0. The van der Waals surface area contributed by atoms with E-state index in [-0.39, 0.29) is 11.6 Å². The van der Waals surface area contributed by atoms with E-state index in [1.54, 1.807) is 12.4 Å². The number of benzene rings is 2. The summed E-state index contributed by atoms with van der Waals surface area (Å²) in [5.74, 6) is 1.76. The van der Waals surface area contributed by atoms with Gasteiger partial charge in [0, 0.05) is 24.6 Å². The summed E-state index contributed by atoms with van der Waals surface area (Å²) in [5, 5.41) is 5.94. The van der Waals surface area contributed by atoms with Crippen LogP contribution in [0.1, 0.15) is 16.1 Å². The maximum absolute atomic E-state index is 12.2. The Morgan fingerprint density at radius 2 is 1.63 bits per heavy atom. The van der Waals surface area contributed by atoms with Crippen LogP contribution in [0.25, 0.3) is 0 Å². The summed E-state index contributed by atoms with van der Waals surface area (Å²) in [6, 6.07) is 20.8. The van der Waals surface area contributed by atoms with Crippen LogP contribution in [0, 0.1) is 0 Å². The van der Waals surface area contributed by atoms with E-state index in [0.29, 0.717) is 12.4 Å². The van der Waals surface area contributed by atoms with Crippen LogP contribution in [0.4, 0.5) is 11.5 Å². The molecule has 2 aromatic carbocycles. The van der Waals surface area contributed by atoms with Gasteiger partial charge in [-0.25, -0.2) is 9.97 Å². The maximum Gasteiger partial charge on any atom is 0.271 e. The lowest BCUT2D eigenvalue weighted by Gasteiger charge is -2.09. The van der Waals surface area contributed by atoms with Gasteiger partial charge in [-0.3, -0.25) is 9.78 Å². The van der Waals surface area contributed by atoms with E-state index in [0.717, 1.165) is 22.7 Å². The number of amides is 1. The summed E-state index contributed by atoms with van der Waals surface area (Å²) in [5.41, 5.74) is 1.99. The highest BCUT2D eigenvalue weighted by Crippen LogP contribution is 2.23. The number of rotatable bonds is 7. The number of nitrogens with one attached hydrogen (secondary N) is 2. The lowest BCUT2D eigenvalue weighted by atomic mass is 10.3. The number of nitrogens with zero attached hydrogens (tertiary/aromatic N) is 3. The molecule has 0 spiro atoms. The molecule has 0 fully saturated rings. The molecular weight excluding hydrogens is 378 g/mol. The number of para-hydroxylation sites is 1. The Bertz CT molecular complexity index is 1090. The average Bonchev–Trinajstić information content (AvgIpc) is 2.81. The molecular formula is C23H19N5O2. The van der Waals surface area contributed by atoms with E-state index in [4.69, 9.17) is 4.74 Å². The normalized spacial score (nSPS) is 10.3. The number of pyridine rings is 1. The Kier molecular flexibility index (Phi) is 5.91. The van der Waals surface area contributed by atoms with Crippen molar-refractivity contribution in [2.24, 2.45) is 0 Å². The number of hydrogen-bond donors (Lipinski definition) is 2. The summed E-state index contributed by atoms with van der Waals surface area (Å²) in [6.45, 7) is 0.381. The highest BCUT2D eigenvalue weighted by Gasteiger charge is 2.08. The Morgan fingerprint density at radius 1 is 0.833 bits per heavy atom. The molecule has 0 unspecified atom stereocenters. The first-order valence-corrected chi connectivity index (χ1v) is 9.35. The molecule has 2 aromatic heterocycles. The van der Waals surface area contributed by atoms with Crippen molar-refractivity contribution >= 4 is 17.4 Å². The van der Waals surface area contributed by atoms with Crippen LogP contribution in [0.2, 0.25) is 0 Å². The van der Waals surface area contributed by atoms with Crippen LogP contribution in [0.15, 0.2) is 91.5 Å². The highest BCUT2D eigenvalue weighted by molar-refractivity contribution is 5.92. The van der Waals surface area contributed by atoms with Crippen LogP contribution < -0.4 is 15.4 Å². The molecule has 7 nitrogen and oxygen atoms in total. The van der Waals surface area contributed by atoms with Gasteiger partial charge >= 0.3 is 0 Å². The van der Waals surface area contributed by atoms with Gasteiger partial charge < -0.3 is 15.4 Å². The van der Waals surface area contributed by atoms with E-state index in [1.807, 2.05) is 66.7 Å². The van der Waals surface area contributed by atoms with Crippen molar-refractivity contribution in [2.45, 2.75) is 6.54 Å². The smallest absolute Gasteiger partial charge is 0.271 e. The zero-order valence-electron chi connectivity index (χ0n) is 16.0. The minimum Gasteiger partial charge on any atom is -0.457 e. The van der Waals surface area contributed by atoms with Crippen molar-refractivity contribution in [1.29, 1.82) is 0 Å². The first-order chi connectivity index (χ1) is 14.8. The van der Waals surface area contributed by atoms with Gasteiger partial charge in [-0.15, -0.1) is 0 Å². The molecule has 4 rings (SSSR count). The lowest BCUT2D eigenvalue weighted by Crippen LogP contribution is -2.24. The van der Waals surface area contributed by atoms with Gasteiger partial charge in [0.1, 0.15) is 23.0 Å². The first kappa shape index (κ1) is 19.1. The number of carbonyl (C=O) groups excluding carboxylic acids is 1. The number of carbonyl (C=O) groups is 1. The van der Waals surface area contributed by atoms with Gasteiger partial charge in [0.05, 0.1) is 12.4 Å². The maximum atomic E-state index is 12.2. The number of anilines is 2. The summed E-state index contributed by atoms with van der Waals surface area (Å²) in [6.07, 6.45) is 6.35. The second-order valence-electron chi connectivity index (χ2n) is 6.40. The van der Waals surface area contributed by atoms with Gasteiger partial charge in [-0.2, -0.15) is 0 Å². The molecule has 0 bridgehead atoms. The minimum atomic E-state index is -0.291. The molecule has 0 aliphatic heterocycles. The Hall–Kier alpha value is -4.26. The minimum absolute atomic E-state index is 0.246. The second-order valence-corrected chi connectivity index (χ2v) is 6.40. The monoisotopic (exact) mass is 397 g/mol. The van der Waals surface area contributed by atoms with E-state index in [9.17, 15) is 4.79 Å². The van der Waals surface area contributed by atoms with Crippen molar-refractivity contribution in [2.75, 3.05) is 5.32 Å². The van der Waals surface area contributed by atoms with Gasteiger partial charge in [0.15, 0.2) is 0 Å². The highest BCUT2D eigenvalue weighted by atomic mass is 16.5. The van der Waals surface area contributed by atoms with Crippen molar-refractivity contribution in [3.05, 3.63) is 103 Å². The van der Waals surface area contributed by atoms with Crippen LogP contribution in [0.3, 0.4) is 0 Å². The standard InChI is InChI=1S/C23H19N5O2/c29-23(27-14-17-5-4-12-24-13-17)21-15-26-22(16-25-21)28-18-8-10-20(11-9-18)30-19-6-2-1-3-7-19/h1-13,15-16H,14H2,(H,26,28)(H,27,29). The molecule has 0 saturated heterocycles. The SMILES string of the molecule is O=C(NCc1cccnc1)c1cnc(Nc2ccc(Oc3ccccc3)cc2)cn1. The summed E-state index contributed by atoms with van der Waals surface area (Å²) in [7, 11) is 0. The quantitative estimate of drug-likeness (QED) is 0.482. The zero-order valence-corrected chi connectivity index (χ0v) is 16.0. The molecule has 0 aliphatic rings.